The van der Waals surface area contributed by atoms with Crippen molar-refractivity contribution in [2.24, 2.45) is 0 Å². The second-order valence-electron chi connectivity index (χ2n) is 6.56. The lowest BCUT2D eigenvalue weighted by molar-refractivity contribution is 0.256. The fraction of sp³-hybridized carbons (Fsp3) is 0.350. The fourth-order valence-electron chi connectivity index (χ4n) is 3.04. The summed E-state index contributed by atoms with van der Waals surface area (Å²) in [5, 5.41) is 4.01. The van der Waals surface area contributed by atoms with Crippen molar-refractivity contribution in [3.8, 4) is 28.8 Å². The van der Waals surface area contributed by atoms with E-state index in [0.717, 1.165) is 29.2 Å². The van der Waals surface area contributed by atoms with Gasteiger partial charge in [-0.2, -0.15) is 4.98 Å². The Kier molecular flexibility index (Phi) is 5.38. The second-order valence-corrected chi connectivity index (χ2v) is 6.56. The van der Waals surface area contributed by atoms with Crippen LogP contribution in [0.5, 0.6) is 17.2 Å². The van der Waals surface area contributed by atoms with E-state index in [1.807, 2.05) is 37.4 Å². The van der Waals surface area contributed by atoms with E-state index in [-0.39, 0.29) is 0 Å². The zero-order valence-corrected chi connectivity index (χ0v) is 15.9. The number of aromatic nitrogens is 3. The number of hydrogen-bond donors (Lipinski definition) is 0. The van der Waals surface area contributed by atoms with E-state index in [1.165, 1.54) is 0 Å². The molecule has 0 aliphatic carbocycles. The molecular formula is C20H22N4O4. The lowest BCUT2D eigenvalue weighted by Gasteiger charge is -2.18. The van der Waals surface area contributed by atoms with Crippen molar-refractivity contribution in [3.63, 3.8) is 0 Å². The Bertz CT molecular complexity index is 929. The summed E-state index contributed by atoms with van der Waals surface area (Å²) in [6, 6.07) is 9.45. The quantitative estimate of drug-likeness (QED) is 0.644. The van der Waals surface area contributed by atoms with Gasteiger partial charge in [-0.05, 0) is 25.2 Å². The van der Waals surface area contributed by atoms with E-state index in [1.54, 1.807) is 13.3 Å². The monoisotopic (exact) mass is 382 g/mol. The van der Waals surface area contributed by atoms with Crippen LogP contribution in [0.15, 0.2) is 41.1 Å². The Labute approximate surface area is 163 Å². The van der Waals surface area contributed by atoms with Crippen LogP contribution in [-0.4, -0.2) is 47.4 Å². The first-order valence-corrected chi connectivity index (χ1v) is 9.12. The SMILES string of the molecule is COc1cc2c(cc1CN(C)Cc1nc(-c3ccccn3)no1)OCCCO2. The van der Waals surface area contributed by atoms with Gasteiger partial charge in [0.1, 0.15) is 11.4 Å². The molecule has 0 atom stereocenters. The molecule has 0 N–H and O–H groups in total. The normalized spacial score (nSPS) is 13.4. The molecule has 0 amide bonds. The maximum absolute atomic E-state index is 5.79. The predicted octanol–water partition coefficient (Wildman–Crippen LogP) is 2.93. The third-order valence-electron chi connectivity index (χ3n) is 4.36. The Morgan fingerprint density at radius 1 is 1.11 bits per heavy atom. The lowest BCUT2D eigenvalue weighted by atomic mass is 10.1. The molecule has 1 aliphatic heterocycles. The highest BCUT2D eigenvalue weighted by molar-refractivity contribution is 5.51. The summed E-state index contributed by atoms with van der Waals surface area (Å²) in [5.41, 5.74) is 1.68. The number of benzene rings is 1. The topological polar surface area (TPSA) is 82.7 Å². The molecule has 28 heavy (non-hydrogen) atoms. The number of pyridine rings is 1. The van der Waals surface area contributed by atoms with Crippen molar-refractivity contribution in [2.75, 3.05) is 27.4 Å². The number of hydrogen-bond acceptors (Lipinski definition) is 8. The van der Waals surface area contributed by atoms with E-state index in [9.17, 15) is 0 Å². The summed E-state index contributed by atoms with van der Waals surface area (Å²) >= 11 is 0. The first-order valence-electron chi connectivity index (χ1n) is 9.12. The zero-order valence-electron chi connectivity index (χ0n) is 15.9. The molecule has 0 spiro atoms. The van der Waals surface area contributed by atoms with E-state index in [0.29, 0.717) is 43.7 Å². The Morgan fingerprint density at radius 2 is 1.93 bits per heavy atom. The van der Waals surface area contributed by atoms with Gasteiger partial charge < -0.3 is 18.7 Å². The maximum Gasteiger partial charge on any atom is 0.241 e. The Balaban J connectivity index is 1.47. The summed E-state index contributed by atoms with van der Waals surface area (Å²) in [5.74, 6) is 3.24. The minimum absolute atomic E-state index is 0.483. The largest absolute Gasteiger partial charge is 0.496 e. The van der Waals surface area contributed by atoms with Crippen LogP contribution in [0.25, 0.3) is 11.5 Å². The summed E-state index contributed by atoms with van der Waals surface area (Å²) in [6.07, 6.45) is 2.57. The van der Waals surface area contributed by atoms with Crippen LogP contribution in [-0.2, 0) is 13.1 Å². The third kappa shape index (κ3) is 4.07. The van der Waals surface area contributed by atoms with Crippen molar-refractivity contribution in [1.82, 2.24) is 20.0 Å². The van der Waals surface area contributed by atoms with Gasteiger partial charge >= 0.3 is 0 Å². The molecule has 0 bridgehead atoms. The number of nitrogens with zero attached hydrogens (tertiary/aromatic N) is 4. The smallest absolute Gasteiger partial charge is 0.241 e. The van der Waals surface area contributed by atoms with Crippen LogP contribution in [0.3, 0.4) is 0 Å². The van der Waals surface area contributed by atoms with Crippen LogP contribution in [0.1, 0.15) is 17.9 Å². The second kappa shape index (κ2) is 8.26. The first-order chi connectivity index (χ1) is 13.7. The maximum atomic E-state index is 5.79. The van der Waals surface area contributed by atoms with E-state index < -0.39 is 0 Å². The number of rotatable bonds is 6. The van der Waals surface area contributed by atoms with E-state index in [2.05, 4.69) is 20.0 Å². The molecule has 1 aliphatic rings. The zero-order chi connectivity index (χ0) is 19.3. The molecule has 1 aromatic carbocycles. The molecule has 146 valence electrons. The molecule has 0 unspecified atom stereocenters. The third-order valence-corrected chi connectivity index (χ3v) is 4.36. The van der Waals surface area contributed by atoms with E-state index >= 15 is 0 Å². The number of fused-ring (bicyclic) bond motifs is 1. The van der Waals surface area contributed by atoms with Gasteiger partial charge in [0.05, 0.1) is 26.9 Å². The summed E-state index contributed by atoms with van der Waals surface area (Å²) in [4.78, 5) is 10.7. The van der Waals surface area contributed by atoms with Gasteiger partial charge in [0.2, 0.25) is 11.7 Å². The van der Waals surface area contributed by atoms with Gasteiger partial charge in [-0.1, -0.05) is 11.2 Å². The molecule has 0 saturated heterocycles. The van der Waals surface area contributed by atoms with Crippen LogP contribution in [0.4, 0.5) is 0 Å². The fourth-order valence-corrected chi connectivity index (χ4v) is 3.04. The standard InChI is InChI=1S/C20H22N4O4/c1-24(13-19-22-20(23-28-19)15-6-3-4-7-21-15)12-14-10-17-18(11-16(14)25-2)27-9-5-8-26-17/h3-4,6-7,10-11H,5,8-9,12-13H2,1-2H3. The van der Waals surface area contributed by atoms with Gasteiger partial charge in [0.25, 0.3) is 0 Å². The molecule has 4 rings (SSSR count). The van der Waals surface area contributed by atoms with Gasteiger partial charge in [0, 0.05) is 30.8 Å². The minimum Gasteiger partial charge on any atom is -0.496 e. The molecule has 3 heterocycles. The van der Waals surface area contributed by atoms with Gasteiger partial charge in [-0.3, -0.25) is 9.88 Å². The lowest BCUT2D eigenvalue weighted by Crippen LogP contribution is -2.18. The van der Waals surface area contributed by atoms with Crippen molar-refractivity contribution < 1.29 is 18.7 Å². The molecular weight excluding hydrogens is 360 g/mol. The molecule has 0 radical (unpaired) electrons. The summed E-state index contributed by atoms with van der Waals surface area (Å²) < 4.78 is 22.4. The van der Waals surface area contributed by atoms with Gasteiger partial charge in [-0.25, -0.2) is 0 Å². The van der Waals surface area contributed by atoms with Crippen molar-refractivity contribution in [1.29, 1.82) is 0 Å². The molecule has 2 aromatic heterocycles. The highest BCUT2D eigenvalue weighted by Crippen LogP contribution is 2.37. The predicted molar refractivity (Wildman–Crippen MR) is 101 cm³/mol. The van der Waals surface area contributed by atoms with Crippen LogP contribution in [0.2, 0.25) is 0 Å². The highest BCUT2D eigenvalue weighted by Gasteiger charge is 2.18. The van der Waals surface area contributed by atoms with E-state index in [4.69, 9.17) is 18.7 Å². The highest BCUT2D eigenvalue weighted by atomic mass is 16.5. The van der Waals surface area contributed by atoms with Crippen LogP contribution < -0.4 is 14.2 Å². The summed E-state index contributed by atoms with van der Waals surface area (Å²) in [7, 11) is 3.63. The number of methoxy groups -OCH3 is 1. The molecule has 8 heteroatoms. The molecule has 8 nitrogen and oxygen atoms in total. The molecule has 0 saturated carbocycles. The molecule has 0 fully saturated rings. The average Bonchev–Trinajstić information content (AvgIpc) is 3.05. The Morgan fingerprint density at radius 3 is 2.68 bits per heavy atom. The summed E-state index contributed by atoms with van der Waals surface area (Å²) in [6.45, 7) is 2.41. The van der Waals surface area contributed by atoms with Crippen molar-refractivity contribution in [3.05, 3.63) is 48.0 Å². The average molecular weight is 382 g/mol. The van der Waals surface area contributed by atoms with Crippen molar-refractivity contribution in [2.45, 2.75) is 19.5 Å². The van der Waals surface area contributed by atoms with Crippen molar-refractivity contribution >= 4 is 0 Å². The van der Waals surface area contributed by atoms with Gasteiger partial charge in [0.15, 0.2) is 11.5 Å². The minimum atomic E-state index is 0.483. The first kappa shape index (κ1) is 18.2. The number of ether oxygens (including phenoxy) is 3. The van der Waals surface area contributed by atoms with Gasteiger partial charge in [-0.15, -0.1) is 0 Å². The van der Waals surface area contributed by atoms with Crippen LogP contribution in [0, 0.1) is 0 Å². The molecule has 3 aromatic rings. The Hall–Kier alpha value is -3.13. The van der Waals surface area contributed by atoms with Crippen LogP contribution >= 0.6 is 0 Å².